The zero-order valence-corrected chi connectivity index (χ0v) is 12.8. The predicted molar refractivity (Wildman–Crippen MR) is 63.4 cm³/mol. The molecule has 0 amide bonds. The zero-order valence-electron chi connectivity index (χ0n) is 12.0. The first-order chi connectivity index (χ1) is 11.3. The van der Waals surface area contributed by atoms with Crippen LogP contribution in [0.3, 0.4) is 0 Å². The second kappa shape index (κ2) is 6.44. The Hall–Kier alpha value is -1.21. The third-order valence-corrected chi connectivity index (χ3v) is 4.20. The lowest BCUT2D eigenvalue weighted by molar-refractivity contribution is -0.440. The maximum Gasteiger partial charge on any atom is 0.460 e. The molecule has 1 aromatic rings. The molecule has 0 atom stereocenters. The van der Waals surface area contributed by atoms with E-state index in [0.29, 0.717) is 11.3 Å². The molecule has 1 heterocycles. The molecule has 0 radical (unpaired) electrons. The first-order valence-corrected chi connectivity index (χ1v) is 7.19. The van der Waals surface area contributed by atoms with Crippen LogP contribution in [0.15, 0.2) is 17.5 Å². The Labute approximate surface area is 140 Å². The van der Waals surface area contributed by atoms with E-state index in [1.807, 2.05) is 0 Å². The molecule has 1 aromatic heterocycles. The summed E-state index contributed by atoms with van der Waals surface area (Å²) in [7, 11) is 0. The molecule has 0 aliphatic heterocycles. The molecule has 0 unspecified atom stereocenters. The molecular weight excluding hydrogens is 423 g/mol. The maximum atomic E-state index is 13.4. The van der Waals surface area contributed by atoms with Crippen LogP contribution in [-0.4, -0.2) is 35.8 Å². The average Bonchev–Trinajstić information content (AvgIpc) is 2.96. The third kappa shape index (κ3) is 3.36. The van der Waals surface area contributed by atoms with Gasteiger partial charge in [-0.1, -0.05) is 6.07 Å². The molecule has 0 saturated heterocycles. The highest BCUT2D eigenvalue weighted by Gasteiger charge is 2.90. The smallest absolute Gasteiger partial charge is 0.200 e. The first-order valence-electron chi connectivity index (χ1n) is 6.31. The quantitative estimate of drug-likeness (QED) is 0.438. The Kier molecular flexibility index (Phi) is 5.66. The van der Waals surface area contributed by atoms with Gasteiger partial charge in [0.1, 0.15) is 0 Å². The molecule has 0 aliphatic rings. The van der Waals surface area contributed by atoms with Crippen molar-refractivity contribution in [2.75, 3.05) is 0 Å². The lowest BCUT2D eigenvalue weighted by Crippen LogP contribution is -2.70. The fraction of sp³-hybridized carbons (Fsp3) is 0.667. The number of thiophene rings is 1. The van der Waals surface area contributed by atoms with Crippen LogP contribution in [0, 0.1) is 0 Å². The minimum Gasteiger partial charge on any atom is -0.200 e. The van der Waals surface area contributed by atoms with Gasteiger partial charge >= 0.3 is 35.8 Å². The van der Waals surface area contributed by atoms with Gasteiger partial charge in [-0.15, -0.1) is 11.3 Å². The Balaban J connectivity index is 3.25. The van der Waals surface area contributed by atoms with E-state index < -0.39 is 48.6 Å². The van der Waals surface area contributed by atoms with Gasteiger partial charge in [0, 0.05) is 11.3 Å². The maximum absolute atomic E-state index is 13.4. The van der Waals surface area contributed by atoms with Gasteiger partial charge in [0.2, 0.25) is 0 Å². The Morgan fingerprint density at radius 2 is 1.12 bits per heavy atom. The number of aryl methyl sites for hydroxylation is 1. The topological polar surface area (TPSA) is 0 Å². The van der Waals surface area contributed by atoms with E-state index in [0.717, 1.165) is 6.07 Å². The van der Waals surface area contributed by atoms with Crippen LogP contribution < -0.4 is 0 Å². The highest BCUT2D eigenvalue weighted by Crippen LogP contribution is 2.60. The van der Waals surface area contributed by atoms with Crippen LogP contribution in [0.5, 0.6) is 0 Å². The van der Waals surface area contributed by atoms with Crippen molar-refractivity contribution in [1.82, 2.24) is 0 Å². The van der Waals surface area contributed by atoms with Gasteiger partial charge < -0.3 is 0 Å². The lowest BCUT2D eigenvalue weighted by atomic mass is 9.92. The fourth-order valence-corrected chi connectivity index (χ4v) is 2.40. The largest absolute Gasteiger partial charge is 0.460 e. The van der Waals surface area contributed by atoms with Crippen molar-refractivity contribution in [2.45, 2.75) is 48.6 Å². The molecular formula is C12H7F13S. The summed E-state index contributed by atoms with van der Waals surface area (Å²) in [5, 5.41) is 1.28. The van der Waals surface area contributed by atoms with E-state index in [1.165, 1.54) is 11.4 Å². The van der Waals surface area contributed by atoms with Crippen molar-refractivity contribution in [3.05, 3.63) is 22.4 Å². The standard InChI is InChI=1S/C12H7F13S/c13-7(14,4-3-6-2-1-5-26-6)8(15,16)9(17,18)10(19,20)11(21,22)12(23,24)25/h1-2,5H,3-4H2. The third-order valence-electron chi connectivity index (χ3n) is 3.26. The summed E-state index contributed by atoms with van der Waals surface area (Å²) in [6.45, 7) is 0. The van der Waals surface area contributed by atoms with E-state index in [9.17, 15) is 57.1 Å². The zero-order chi connectivity index (χ0) is 20.8. The van der Waals surface area contributed by atoms with Gasteiger partial charge in [-0.25, -0.2) is 0 Å². The first kappa shape index (κ1) is 22.8. The molecule has 0 aromatic carbocycles. The Bertz CT molecular complexity index is 599. The molecule has 0 aliphatic carbocycles. The minimum atomic E-state index is -7.84. The molecule has 0 bridgehead atoms. The SMILES string of the molecule is FC(F)(F)C(F)(F)C(F)(F)C(F)(F)C(F)(F)C(F)(F)CCc1cccs1. The predicted octanol–water partition coefficient (Wildman–Crippen LogP) is 6.42. The van der Waals surface area contributed by atoms with Crippen LogP contribution in [0.25, 0.3) is 0 Å². The fourth-order valence-electron chi connectivity index (χ4n) is 1.69. The van der Waals surface area contributed by atoms with Gasteiger partial charge in [0.25, 0.3) is 0 Å². The monoisotopic (exact) mass is 430 g/mol. The van der Waals surface area contributed by atoms with Crippen LogP contribution in [0.2, 0.25) is 0 Å². The Morgan fingerprint density at radius 1 is 0.654 bits per heavy atom. The van der Waals surface area contributed by atoms with Crippen LogP contribution in [-0.2, 0) is 6.42 Å². The molecule has 152 valence electrons. The van der Waals surface area contributed by atoms with E-state index >= 15 is 0 Å². The van der Waals surface area contributed by atoms with E-state index in [4.69, 9.17) is 0 Å². The minimum absolute atomic E-state index is 0.0591. The second-order valence-electron chi connectivity index (χ2n) is 5.08. The van der Waals surface area contributed by atoms with Crippen LogP contribution >= 0.6 is 11.3 Å². The number of halogens is 13. The summed E-state index contributed by atoms with van der Waals surface area (Å²) in [5.41, 5.74) is 0. The van der Waals surface area contributed by atoms with Crippen molar-refractivity contribution in [3.63, 3.8) is 0 Å². The number of hydrogen-bond acceptors (Lipinski definition) is 1. The van der Waals surface area contributed by atoms with E-state index in [-0.39, 0.29) is 4.88 Å². The van der Waals surface area contributed by atoms with Crippen molar-refractivity contribution in [3.8, 4) is 0 Å². The molecule has 26 heavy (non-hydrogen) atoms. The number of hydrogen-bond donors (Lipinski definition) is 0. The second-order valence-corrected chi connectivity index (χ2v) is 6.11. The van der Waals surface area contributed by atoms with E-state index in [1.54, 1.807) is 0 Å². The number of rotatable bonds is 7. The van der Waals surface area contributed by atoms with Crippen LogP contribution in [0.4, 0.5) is 57.1 Å². The molecule has 1 rings (SSSR count). The van der Waals surface area contributed by atoms with Gasteiger partial charge in [-0.2, -0.15) is 57.1 Å². The van der Waals surface area contributed by atoms with Gasteiger partial charge in [-0.3, -0.25) is 0 Å². The molecule has 0 spiro atoms. The number of alkyl halides is 13. The van der Waals surface area contributed by atoms with Crippen molar-refractivity contribution >= 4 is 11.3 Å². The summed E-state index contributed by atoms with van der Waals surface area (Å²) < 4.78 is 167. The highest BCUT2D eigenvalue weighted by atomic mass is 32.1. The molecule has 0 saturated carbocycles. The van der Waals surface area contributed by atoms with Crippen molar-refractivity contribution in [2.24, 2.45) is 0 Å². The van der Waals surface area contributed by atoms with Crippen LogP contribution in [0.1, 0.15) is 11.3 Å². The van der Waals surface area contributed by atoms with Crippen molar-refractivity contribution < 1.29 is 57.1 Å². The summed E-state index contributed by atoms with van der Waals surface area (Å²) in [5.74, 6) is -36.4. The molecule has 0 fully saturated rings. The summed E-state index contributed by atoms with van der Waals surface area (Å²) in [6.07, 6.45) is -10.6. The average molecular weight is 430 g/mol. The molecule has 0 N–H and O–H groups in total. The van der Waals surface area contributed by atoms with Crippen molar-refractivity contribution in [1.29, 1.82) is 0 Å². The highest BCUT2D eigenvalue weighted by molar-refractivity contribution is 7.09. The normalized spacial score (nSPS) is 15.4. The summed E-state index contributed by atoms with van der Waals surface area (Å²) in [6, 6.07) is 2.35. The Morgan fingerprint density at radius 3 is 1.50 bits per heavy atom. The lowest BCUT2D eigenvalue weighted by Gasteiger charge is -2.39. The van der Waals surface area contributed by atoms with Gasteiger partial charge in [-0.05, 0) is 17.9 Å². The van der Waals surface area contributed by atoms with Gasteiger partial charge in [0.15, 0.2) is 0 Å². The van der Waals surface area contributed by atoms with Gasteiger partial charge in [0.05, 0.1) is 0 Å². The summed E-state index contributed by atoms with van der Waals surface area (Å²) >= 11 is 0.712. The molecule has 14 heteroatoms. The van der Waals surface area contributed by atoms with E-state index in [2.05, 4.69) is 0 Å². The molecule has 0 nitrogen and oxygen atoms in total. The summed E-state index contributed by atoms with van der Waals surface area (Å²) in [4.78, 5) is -0.0591.